The molecule has 0 aliphatic rings. The topological polar surface area (TPSA) is 66.4 Å². The van der Waals surface area contributed by atoms with Crippen LogP contribution >= 0.6 is 8.03 Å². The zero-order chi connectivity index (χ0) is 15.5. The molecule has 1 unspecified atom stereocenters. The van der Waals surface area contributed by atoms with Crippen molar-refractivity contribution < 1.29 is 14.3 Å². The van der Waals surface area contributed by atoms with Gasteiger partial charge < -0.3 is 5.32 Å². The number of nitrogens with one attached hydrogen (secondary N) is 1. The van der Waals surface area contributed by atoms with E-state index in [0.29, 0.717) is 11.7 Å². The van der Waals surface area contributed by atoms with Crippen molar-refractivity contribution >= 4 is 19.2 Å². The molecular weight excluding hydrogens is 285 g/mol. The molecule has 4 nitrogen and oxygen atoms in total. The summed E-state index contributed by atoms with van der Waals surface area (Å²) in [4.78, 5) is 20.7. The third kappa shape index (κ3) is 7.93. The lowest BCUT2D eigenvalue weighted by molar-refractivity contribution is -0.120. The third-order valence-electron chi connectivity index (χ3n) is 3.37. The molecule has 1 amide bonds. The maximum Gasteiger partial charge on any atom is 0.546 e. The van der Waals surface area contributed by atoms with Gasteiger partial charge in [-0.05, 0) is 28.7 Å². The van der Waals surface area contributed by atoms with Gasteiger partial charge in [0.1, 0.15) is 0 Å². The molecule has 1 rings (SSSR count). The quantitative estimate of drug-likeness (QED) is 0.515. The van der Waals surface area contributed by atoms with E-state index in [1.165, 1.54) is 32.1 Å². The first-order valence-electron chi connectivity index (χ1n) is 7.65. The minimum atomic E-state index is -2.30. The smallest absolute Gasteiger partial charge is 0.356 e. The van der Waals surface area contributed by atoms with E-state index in [9.17, 15) is 9.36 Å². The van der Waals surface area contributed by atoms with E-state index >= 15 is 0 Å². The van der Waals surface area contributed by atoms with Crippen LogP contribution in [0.15, 0.2) is 24.3 Å². The van der Waals surface area contributed by atoms with Crippen LogP contribution in [0.1, 0.15) is 51.0 Å². The fraction of sp³-hybridized carbons (Fsp3) is 0.562. The molecule has 0 saturated carbocycles. The van der Waals surface area contributed by atoms with Crippen molar-refractivity contribution in [3.8, 4) is 0 Å². The molecule has 116 valence electrons. The molecule has 5 heteroatoms. The van der Waals surface area contributed by atoms with Gasteiger partial charge in [0.15, 0.2) is 0 Å². The van der Waals surface area contributed by atoms with Crippen molar-refractivity contribution in [2.45, 2.75) is 51.9 Å². The molecular formula is C16H25NO3P+. The van der Waals surface area contributed by atoms with Crippen LogP contribution < -0.4 is 10.6 Å². The van der Waals surface area contributed by atoms with Gasteiger partial charge in [0, 0.05) is 6.54 Å². The highest BCUT2D eigenvalue weighted by Gasteiger charge is 2.15. The Labute approximate surface area is 127 Å². The van der Waals surface area contributed by atoms with Gasteiger partial charge in [-0.25, -0.2) is 0 Å². The highest BCUT2D eigenvalue weighted by atomic mass is 31.1. The van der Waals surface area contributed by atoms with Crippen LogP contribution in [0, 0.1) is 0 Å². The van der Waals surface area contributed by atoms with E-state index in [-0.39, 0.29) is 5.91 Å². The Morgan fingerprint density at radius 2 is 1.71 bits per heavy atom. The van der Waals surface area contributed by atoms with E-state index in [2.05, 4.69) is 12.2 Å². The van der Waals surface area contributed by atoms with E-state index in [1.54, 1.807) is 24.3 Å². The molecule has 0 heterocycles. The van der Waals surface area contributed by atoms with Crippen LogP contribution in [0.4, 0.5) is 0 Å². The number of benzene rings is 1. The minimum absolute atomic E-state index is 0.00435. The maximum atomic E-state index is 11.7. The monoisotopic (exact) mass is 310 g/mol. The van der Waals surface area contributed by atoms with Crippen LogP contribution in [0.3, 0.4) is 0 Å². The molecule has 0 aliphatic carbocycles. The van der Waals surface area contributed by atoms with Gasteiger partial charge in [0.05, 0.1) is 6.42 Å². The standard InChI is InChI=1S/C16H24NO3P/c1-2-3-4-5-6-7-12-17-16(18)13-14-8-10-15(11-9-14)21(19)20/h8-11H,2-7,12-13H2,1H3,(H-,17,18,19,20)/p+1. The summed E-state index contributed by atoms with van der Waals surface area (Å²) in [5.41, 5.74) is 0.857. The zero-order valence-corrected chi connectivity index (χ0v) is 13.6. The van der Waals surface area contributed by atoms with E-state index < -0.39 is 8.03 Å². The van der Waals surface area contributed by atoms with E-state index in [1.807, 2.05) is 0 Å². The van der Waals surface area contributed by atoms with Gasteiger partial charge in [-0.1, -0.05) is 51.2 Å². The largest absolute Gasteiger partial charge is 0.546 e. The minimum Gasteiger partial charge on any atom is -0.356 e. The number of unbranched alkanes of at least 4 members (excludes halogenated alkanes) is 5. The summed E-state index contributed by atoms with van der Waals surface area (Å²) in [5.74, 6) is 0.00435. The van der Waals surface area contributed by atoms with Crippen molar-refractivity contribution in [2.24, 2.45) is 0 Å². The molecule has 1 aromatic carbocycles. The van der Waals surface area contributed by atoms with Gasteiger partial charge >= 0.3 is 8.03 Å². The Bertz CT molecular complexity index is 445. The summed E-state index contributed by atoms with van der Waals surface area (Å²) in [6.07, 6.45) is 7.58. The summed E-state index contributed by atoms with van der Waals surface area (Å²) in [5, 5.41) is 3.30. The fourth-order valence-corrected chi connectivity index (χ4v) is 2.53. The number of carbonyl (C=O) groups is 1. The van der Waals surface area contributed by atoms with Crippen molar-refractivity contribution in [3.63, 3.8) is 0 Å². The second-order valence-electron chi connectivity index (χ2n) is 5.23. The molecule has 1 aromatic rings. The van der Waals surface area contributed by atoms with Crippen molar-refractivity contribution in [1.29, 1.82) is 0 Å². The van der Waals surface area contributed by atoms with Crippen LogP contribution in [0.2, 0.25) is 0 Å². The molecule has 0 aliphatic heterocycles. The zero-order valence-electron chi connectivity index (χ0n) is 12.7. The molecule has 2 N–H and O–H groups in total. The molecule has 0 aromatic heterocycles. The van der Waals surface area contributed by atoms with Crippen LogP contribution in [-0.4, -0.2) is 17.3 Å². The Morgan fingerprint density at radius 1 is 1.10 bits per heavy atom. The molecule has 1 atom stereocenters. The predicted molar refractivity (Wildman–Crippen MR) is 86.0 cm³/mol. The first-order valence-corrected chi connectivity index (χ1v) is 8.86. The lowest BCUT2D eigenvalue weighted by atomic mass is 10.1. The Kier molecular flexibility index (Phi) is 8.88. The SMILES string of the molecule is CCCCCCCCNC(=O)Cc1ccc([P+](=O)O)cc1. The second-order valence-corrected chi connectivity index (χ2v) is 6.30. The van der Waals surface area contributed by atoms with Crippen molar-refractivity contribution in [2.75, 3.05) is 6.54 Å². The molecule has 0 radical (unpaired) electrons. The second kappa shape index (κ2) is 10.5. The van der Waals surface area contributed by atoms with Gasteiger partial charge in [-0.3, -0.25) is 4.79 Å². The summed E-state index contributed by atoms with van der Waals surface area (Å²) in [6, 6.07) is 6.64. The van der Waals surface area contributed by atoms with Gasteiger partial charge in [-0.15, -0.1) is 0 Å². The summed E-state index contributed by atoms with van der Waals surface area (Å²) >= 11 is 0. The molecule has 0 fully saturated rings. The lowest BCUT2D eigenvalue weighted by Crippen LogP contribution is -2.26. The Hall–Kier alpha value is -1.25. The first kappa shape index (κ1) is 17.8. The fourth-order valence-electron chi connectivity index (χ4n) is 2.12. The number of carbonyl (C=O) groups excluding carboxylic acids is 1. The van der Waals surface area contributed by atoms with E-state index in [0.717, 1.165) is 18.5 Å². The molecule has 0 saturated heterocycles. The molecule has 0 spiro atoms. The lowest BCUT2D eigenvalue weighted by Gasteiger charge is -2.05. The number of hydrogen-bond acceptors (Lipinski definition) is 2. The highest BCUT2D eigenvalue weighted by Crippen LogP contribution is 2.13. The first-order chi connectivity index (χ1) is 10.1. The summed E-state index contributed by atoms with van der Waals surface area (Å²) in [6.45, 7) is 2.93. The van der Waals surface area contributed by atoms with Crippen LogP contribution in [0.5, 0.6) is 0 Å². The number of amides is 1. The highest BCUT2D eigenvalue weighted by molar-refractivity contribution is 7.47. The summed E-state index contributed by atoms with van der Waals surface area (Å²) < 4.78 is 10.9. The molecule has 21 heavy (non-hydrogen) atoms. The Balaban J connectivity index is 2.17. The summed E-state index contributed by atoms with van der Waals surface area (Å²) in [7, 11) is -2.30. The average Bonchev–Trinajstić information content (AvgIpc) is 2.47. The van der Waals surface area contributed by atoms with Gasteiger partial charge in [0.25, 0.3) is 0 Å². The predicted octanol–water partition coefficient (Wildman–Crippen LogP) is 3.07. The van der Waals surface area contributed by atoms with Crippen molar-refractivity contribution in [1.82, 2.24) is 5.32 Å². The van der Waals surface area contributed by atoms with Gasteiger partial charge in [0.2, 0.25) is 11.2 Å². The van der Waals surface area contributed by atoms with Crippen molar-refractivity contribution in [3.05, 3.63) is 29.8 Å². The van der Waals surface area contributed by atoms with E-state index in [4.69, 9.17) is 4.89 Å². The normalized spacial score (nSPS) is 11.2. The van der Waals surface area contributed by atoms with Gasteiger partial charge in [-0.2, -0.15) is 4.89 Å². The number of rotatable bonds is 10. The molecule has 0 bridgehead atoms. The third-order valence-corrected chi connectivity index (χ3v) is 4.11. The van der Waals surface area contributed by atoms with Crippen LogP contribution in [-0.2, 0) is 15.8 Å². The Morgan fingerprint density at radius 3 is 2.33 bits per heavy atom. The average molecular weight is 310 g/mol. The van der Waals surface area contributed by atoms with Crippen LogP contribution in [0.25, 0.3) is 0 Å². The number of hydrogen-bond donors (Lipinski definition) is 2. The maximum absolute atomic E-state index is 11.7.